The van der Waals surface area contributed by atoms with Crippen LogP contribution in [-0.2, 0) is 9.53 Å². The van der Waals surface area contributed by atoms with E-state index in [1.807, 2.05) is 0 Å². The van der Waals surface area contributed by atoms with Crippen molar-refractivity contribution in [2.45, 2.75) is 0 Å². The first-order valence-electron chi connectivity index (χ1n) is 4.81. The summed E-state index contributed by atoms with van der Waals surface area (Å²) < 4.78 is 9.60. The maximum atomic E-state index is 11.4. The number of carbonyl (C=O) groups excluding carboxylic acids is 1. The van der Waals surface area contributed by atoms with Gasteiger partial charge in [0.1, 0.15) is 11.4 Å². The normalized spacial score (nSPS) is 10.5. The van der Waals surface area contributed by atoms with Crippen molar-refractivity contribution in [1.29, 1.82) is 0 Å². The maximum absolute atomic E-state index is 11.4. The van der Waals surface area contributed by atoms with Crippen LogP contribution in [0.25, 0.3) is 16.5 Å². The molecule has 0 amide bonds. The number of azide groups is 1. The highest BCUT2D eigenvalue weighted by atomic mass is 35.5. The second kappa shape index (κ2) is 6.54. The zero-order chi connectivity index (χ0) is 13.5. The molecule has 1 rings (SSSR count). The fraction of sp³-hybridized carbons (Fsp3) is 0.182. The molecule has 0 saturated carbocycles. The SMILES string of the molecule is COC(=O)/C(=C/c1ccc(Cl)cc1OC)N=[N+]=[N-]. The van der Waals surface area contributed by atoms with Crippen molar-refractivity contribution in [3.05, 3.63) is 44.9 Å². The fourth-order valence-electron chi connectivity index (χ4n) is 1.23. The van der Waals surface area contributed by atoms with Crippen LogP contribution in [0.3, 0.4) is 0 Å². The summed E-state index contributed by atoms with van der Waals surface area (Å²) in [5, 5.41) is 3.76. The van der Waals surface area contributed by atoms with E-state index in [1.54, 1.807) is 18.2 Å². The van der Waals surface area contributed by atoms with Crippen molar-refractivity contribution in [3.8, 4) is 5.75 Å². The number of ether oxygens (including phenoxy) is 2. The average molecular weight is 268 g/mol. The largest absolute Gasteiger partial charge is 0.496 e. The van der Waals surface area contributed by atoms with Gasteiger partial charge in [-0.15, -0.1) is 0 Å². The molecular weight excluding hydrogens is 258 g/mol. The van der Waals surface area contributed by atoms with Crippen LogP contribution in [0.15, 0.2) is 29.0 Å². The van der Waals surface area contributed by atoms with E-state index in [2.05, 4.69) is 14.8 Å². The lowest BCUT2D eigenvalue weighted by Gasteiger charge is -2.06. The second-order valence-corrected chi connectivity index (χ2v) is 3.53. The van der Waals surface area contributed by atoms with Crippen molar-refractivity contribution >= 4 is 23.6 Å². The van der Waals surface area contributed by atoms with Gasteiger partial charge in [-0.2, -0.15) is 0 Å². The predicted molar refractivity (Wildman–Crippen MR) is 67.1 cm³/mol. The molecule has 0 aromatic heterocycles. The summed E-state index contributed by atoms with van der Waals surface area (Å²) in [6.07, 6.45) is 1.36. The summed E-state index contributed by atoms with van der Waals surface area (Å²) >= 11 is 5.81. The number of halogens is 1. The predicted octanol–water partition coefficient (Wildman–Crippen LogP) is 3.17. The molecule has 0 unspecified atom stereocenters. The van der Waals surface area contributed by atoms with Crippen LogP contribution in [0.5, 0.6) is 5.75 Å². The third kappa shape index (κ3) is 3.41. The van der Waals surface area contributed by atoms with E-state index in [4.69, 9.17) is 21.9 Å². The van der Waals surface area contributed by atoms with Crippen molar-refractivity contribution < 1.29 is 14.3 Å². The number of carbonyl (C=O) groups is 1. The van der Waals surface area contributed by atoms with Crippen LogP contribution in [0.1, 0.15) is 5.56 Å². The Hall–Kier alpha value is -2.17. The summed E-state index contributed by atoms with van der Waals surface area (Å²) in [5.74, 6) is -0.276. The van der Waals surface area contributed by atoms with E-state index < -0.39 is 5.97 Å². The van der Waals surface area contributed by atoms with Gasteiger partial charge in [0.15, 0.2) is 0 Å². The molecule has 94 valence electrons. The lowest BCUT2D eigenvalue weighted by Crippen LogP contribution is -2.02. The molecule has 0 N–H and O–H groups in total. The number of hydrogen-bond donors (Lipinski definition) is 0. The van der Waals surface area contributed by atoms with Crippen molar-refractivity contribution in [1.82, 2.24) is 0 Å². The Morgan fingerprint density at radius 3 is 2.78 bits per heavy atom. The van der Waals surface area contributed by atoms with Gasteiger partial charge >= 0.3 is 5.97 Å². The molecule has 1 aromatic carbocycles. The maximum Gasteiger partial charge on any atom is 0.340 e. The lowest BCUT2D eigenvalue weighted by atomic mass is 10.1. The minimum absolute atomic E-state index is 0.166. The van der Waals surface area contributed by atoms with E-state index in [0.29, 0.717) is 16.3 Å². The zero-order valence-electron chi connectivity index (χ0n) is 9.75. The third-order valence-electron chi connectivity index (χ3n) is 2.03. The molecule has 6 nitrogen and oxygen atoms in total. The molecular formula is C11H10ClN3O3. The highest BCUT2D eigenvalue weighted by Crippen LogP contribution is 2.25. The second-order valence-electron chi connectivity index (χ2n) is 3.10. The quantitative estimate of drug-likeness (QED) is 0.276. The van der Waals surface area contributed by atoms with Crippen LogP contribution in [0, 0.1) is 0 Å². The first kappa shape index (κ1) is 13.9. The number of rotatable bonds is 4. The van der Waals surface area contributed by atoms with Gasteiger partial charge in [-0.05, 0) is 29.8 Å². The van der Waals surface area contributed by atoms with Crippen LogP contribution in [-0.4, -0.2) is 20.2 Å². The molecule has 0 radical (unpaired) electrons. The summed E-state index contributed by atoms with van der Waals surface area (Å²) in [5.41, 5.74) is 8.77. The van der Waals surface area contributed by atoms with E-state index in [-0.39, 0.29) is 5.70 Å². The monoisotopic (exact) mass is 267 g/mol. The molecule has 18 heavy (non-hydrogen) atoms. The number of esters is 1. The Labute approximate surface area is 108 Å². The van der Waals surface area contributed by atoms with Crippen molar-refractivity contribution in [2.75, 3.05) is 14.2 Å². The summed E-state index contributed by atoms with van der Waals surface area (Å²) in [6.45, 7) is 0. The van der Waals surface area contributed by atoms with Crippen molar-refractivity contribution in [2.24, 2.45) is 5.11 Å². The van der Waals surface area contributed by atoms with Crippen molar-refractivity contribution in [3.63, 3.8) is 0 Å². The van der Waals surface area contributed by atoms with Crippen LogP contribution >= 0.6 is 11.6 Å². The molecule has 7 heteroatoms. The average Bonchev–Trinajstić information content (AvgIpc) is 2.39. The lowest BCUT2D eigenvalue weighted by molar-refractivity contribution is -0.136. The molecule has 0 saturated heterocycles. The zero-order valence-corrected chi connectivity index (χ0v) is 10.5. The summed E-state index contributed by atoms with van der Waals surface area (Å²) in [7, 11) is 2.66. The van der Waals surface area contributed by atoms with Gasteiger partial charge in [-0.3, -0.25) is 0 Å². The highest BCUT2D eigenvalue weighted by molar-refractivity contribution is 6.30. The summed E-state index contributed by atoms with van der Waals surface area (Å²) in [4.78, 5) is 13.9. The number of hydrogen-bond acceptors (Lipinski definition) is 4. The topological polar surface area (TPSA) is 84.3 Å². The minimum Gasteiger partial charge on any atom is -0.496 e. The Bertz CT molecular complexity index is 536. The van der Waals surface area contributed by atoms with Crippen LogP contribution < -0.4 is 4.74 Å². The molecule has 0 atom stereocenters. The smallest absolute Gasteiger partial charge is 0.340 e. The van der Waals surface area contributed by atoms with Crippen LogP contribution in [0.4, 0.5) is 0 Å². The molecule has 0 aliphatic carbocycles. The van der Waals surface area contributed by atoms with Gasteiger partial charge in [0, 0.05) is 15.5 Å². The Morgan fingerprint density at radius 2 is 2.22 bits per heavy atom. The van der Waals surface area contributed by atoms with E-state index in [1.165, 1.54) is 20.3 Å². The number of methoxy groups -OCH3 is 2. The Kier molecular flexibility index (Phi) is 5.05. The third-order valence-corrected chi connectivity index (χ3v) is 2.27. The highest BCUT2D eigenvalue weighted by Gasteiger charge is 2.09. The molecule has 0 heterocycles. The Balaban J connectivity index is 3.27. The fourth-order valence-corrected chi connectivity index (χ4v) is 1.39. The first-order valence-corrected chi connectivity index (χ1v) is 5.18. The minimum atomic E-state index is -0.732. The van der Waals surface area contributed by atoms with Gasteiger partial charge in [-0.1, -0.05) is 16.7 Å². The van der Waals surface area contributed by atoms with Gasteiger partial charge in [-0.25, -0.2) is 4.79 Å². The van der Waals surface area contributed by atoms with E-state index >= 15 is 0 Å². The molecule has 0 bridgehead atoms. The number of nitrogens with zero attached hydrogens (tertiary/aromatic N) is 3. The Morgan fingerprint density at radius 1 is 1.50 bits per heavy atom. The van der Waals surface area contributed by atoms with Crippen LogP contribution in [0.2, 0.25) is 5.02 Å². The molecule has 0 fully saturated rings. The molecule has 0 spiro atoms. The molecule has 0 aliphatic heterocycles. The number of benzene rings is 1. The molecule has 1 aromatic rings. The standard InChI is InChI=1S/C11H10ClN3O3/c1-17-10-6-8(12)4-3-7(10)5-9(14-15-13)11(16)18-2/h3-6H,1-2H3/b9-5-. The molecule has 0 aliphatic rings. The van der Waals surface area contributed by atoms with Gasteiger partial charge < -0.3 is 9.47 Å². The van der Waals surface area contributed by atoms with Gasteiger partial charge in [0.05, 0.1) is 14.2 Å². The first-order chi connectivity index (χ1) is 8.62. The van der Waals surface area contributed by atoms with Gasteiger partial charge in [0.25, 0.3) is 0 Å². The van der Waals surface area contributed by atoms with E-state index in [0.717, 1.165) is 0 Å². The summed E-state index contributed by atoms with van der Waals surface area (Å²) in [6, 6.07) is 4.84. The van der Waals surface area contributed by atoms with Gasteiger partial charge in [0.2, 0.25) is 0 Å². The van der Waals surface area contributed by atoms with E-state index in [9.17, 15) is 4.79 Å².